The Kier molecular flexibility index (Phi) is 7.22. The highest BCUT2D eigenvalue weighted by Crippen LogP contribution is 2.25. The summed E-state index contributed by atoms with van der Waals surface area (Å²) >= 11 is 11.9. The first-order valence-electron chi connectivity index (χ1n) is 8.51. The molecule has 0 saturated heterocycles. The fourth-order valence-corrected chi connectivity index (χ4v) is 2.87. The molecule has 7 heteroatoms. The molecule has 4 nitrogen and oxygen atoms in total. The first kappa shape index (κ1) is 21.2. The summed E-state index contributed by atoms with van der Waals surface area (Å²) in [4.78, 5) is 25.1. The molecule has 2 amide bonds. The van der Waals surface area contributed by atoms with Crippen LogP contribution >= 0.6 is 23.2 Å². The summed E-state index contributed by atoms with van der Waals surface area (Å²) in [6.45, 7) is 5.40. The molecule has 2 aromatic carbocycles. The number of rotatable bonds is 6. The Hall–Kier alpha value is -2.11. The number of carbonyl (C=O) groups excluding carboxylic acids is 2. The lowest BCUT2D eigenvalue weighted by Gasteiger charge is -2.24. The van der Waals surface area contributed by atoms with Gasteiger partial charge in [-0.15, -0.1) is 0 Å². The van der Waals surface area contributed by atoms with Crippen LogP contribution in [0.2, 0.25) is 10.0 Å². The van der Waals surface area contributed by atoms with Gasteiger partial charge in [-0.25, -0.2) is 4.39 Å². The van der Waals surface area contributed by atoms with E-state index in [-0.39, 0.29) is 23.4 Å². The molecule has 0 aliphatic heterocycles. The molecular weight excluding hydrogens is 390 g/mol. The molecule has 0 aliphatic carbocycles. The number of benzene rings is 2. The summed E-state index contributed by atoms with van der Waals surface area (Å²) in [5, 5.41) is 6.28. The predicted molar refractivity (Wildman–Crippen MR) is 106 cm³/mol. The van der Waals surface area contributed by atoms with Crippen LogP contribution in [0.15, 0.2) is 42.5 Å². The van der Waals surface area contributed by atoms with Gasteiger partial charge in [0.25, 0.3) is 5.91 Å². The van der Waals surface area contributed by atoms with E-state index in [1.54, 1.807) is 45.0 Å². The Labute approximate surface area is 168 Å². The second-order valence-corrected chi connectivity index (χ2v) is 7.39. The third-order valence-corrected chi connectivity index (χ3v) is 4.90. The van der Waals surface area contributed by atoms with Gasteiger partial charge in [-0.3, -0.25) is 9.59 Å². The number of hydrogen-bond acceptors (Lipinski definition) is 2. The van der Waals surface area contributed by atoms with Crippen molar-refractivity contribution < 1.29 is 14.0 Å². The topological polar surface area (TPSA) is 58.2 Å². The van der Waals surface area contributed by atoms with Crippen LogP contribution in [0.5, 0.6) is 0 Å². The SMILES string of the molecule is CC(C)[C@H](NC(=O)c1ccccc1F)C(=O)N[C@H](C)c1ccc(Cl)c(Cl)c1. The summed E-state index contributed by atoms with van der Waals surface area (Å²) in [6.07, 6.45) is 0. The van der Waals surface area contributed by atoms with Gasteiger partial charge >= 0.3 is 0 Å². The van der Waals surface area contributed by atoms with Crippen molar-refractivity contribution in [3.05, 3.63) is 69.5 Å². The van der Waals surface area contributed by atoms with E-state index in [1.807, 2.05) is 0 Å². The molecule has 2 atom stereocenters. The molecule has 0 bridgehead atoms. The normalized spacial score (nSPS) is 13.1. The molecular formula is C20H21Cl2FN2O2. The van der Waals surface area contributed by atoms with Crippen molar-refractivity contribution in [3.63, 3.8) is 0 Å². The second-order valence-electron chi connectivity index (χ2n) is 6.58. The second kappa shape index (κ2) is 9.20. The Balaban J connectivity index is 2.11. The van der Waals surface area contributed by atoms with Crippen molar-refractivity contribution in [2.75, 3.05) is 0 Å². The van der Waals surface area contributed by atoms with Crippen LogP contribution in [0.1, 0.15) is 42.7 Å². The first-order valence-corrected chi connectivity index (χ1v) is 9.27. The first-order chi connectivity index (χ1) is 12.7. The van der Waals surface area contributed by atoms with Crippen molar-refractivity contribution in [1.82, 2.24) is 10.6 Å². The third kappa shape index (κ3) is 5.44. The van der Waals surface area contributed by atoms with E-state index in [0.717, 1.165) is 5.56 Å². The Morgan fingerprint density at radius 3 is 2.22 bits per heavy atom. The fraction of sp³-hybridized carbons (Fsp3) is 0.300. The summed E-state index contributed by atoms with van der Waals surface area (Å²) in [5.74, 6) is -1.83. The van der Waals surface area contributed by atoms with E-state index >= 15 is 0 Å². The molecule has 0 spiro atoms. The van der Waals surface area contributed by atoms with Crippen LogP contribution in [0, 0.1) is 11.7 Å². The maximum absolute atomic E-state index is 13.8. The highest BCUT2D eigenvalue weighted by molar-refractivity contribution is 6.42. The molecule has 0 heterocycles. The maximum Gasteiger partial charge on any atom is 0.254 e. The van der Waals surface area contributed by atoms with Crippen LogP contribution in [-0.2, 0) is 4.79 Å². The maximum atomic E-state index is 13.8. The molecule has 0 fully saturated rings. The number of halogens is 3. The van der Waals surface area contributed by atoms with E-state index in [0.29, 0.717) is 10.0 Å². The quantitative estimate of drug-likeness (QED) is 0.720. The van der Waals surface area contributed by atoms with Crippen LogP contribution in [0.25, 0.3) is 0 Å². The zero-order chi connectivity index (χ0) is 20.1. The lowest BCUT2D eigenvalue weighted by Crippen LogP contribution is -2.50. The summed E-state index contributed by atoms with van der Waals surface area (Å²) in [7, 11) is 0. The number of nitrogens with one attached hydrogen (secondary N) is 2. The molecule has 2 N–H and O–H groups in total. The minimum absolute atomic E-state index is 0.103. The lowest BCUT2D eigenvalue weighted by molar-refractivity contribution is -0.124. The van der Waals surface area contributed by atoms with Crippen LogP contribution in [0.4, 0.5) is 4.39 Å². The van der Waals surface area contributed by atoms with Gasteiger partial charge in [0.05, 0.1) is 21.7 Å². The van der Waals surface area contributed by atoms with Crippen LogP contribution < -0.4 is 10.6 Å². The largest absolute Gasteiger partial charge is 0.348 e. The molecule has 144 valence electrons. The summed E-state index contributed by atoms with van der Waals surface area (Å²) in [5.41, 5.74) is 0.675. The van der Waals surface area contributed by atoms with E-state index in [4.69, 9.17) is 23.2 Å². The summed E-state index contributed by atoms with van der Waals surface area (Å²) < 4.78 is 13.8. The van der Waals surface area contributed by atoms with Gasteiger partial charge in [-0.05, 0) is 42.7 Å². The van der Waals surface area contributed by atoms with Gasteiger partial charge in [0, 0.05) is 0 Å². The van der Waals surface area contributed by atoms with E-state index < -0.39 is 17.8 Å². The van der Waals surface area contributed by atoms with Crippen molar-refractivity contribution in [1.29, 1.82) is 0 Å². The molecule has 0 aromatic heterocycles. The third-order valence-electron chi connectivity index (χ3n) is 4.16. The lowest BCUT2D eigenvalue weighted by atomic mass is 10.0. The molecule has 0 saturated carbocycles. The fourth-order valence-electron chi connectivity index (χ4n) is 2.57. The minimum Gasteiger partial charge on any atom is -0.348 e. The van der Waals surface area contributed by atoms with Gasteiger partial charge in [0.2, 0.25) is 5.91 Å². The Bertz CT molecular complexity index is 842. The van der Waals surface area contributed by atoms with Crippen molar-refractivity contribution in [2.45, 2.75) is 32.9 Å². The average Bonchev–Trinajstić information content (AvgIpc) is 2.61. The van der Waals surface area contributed by atoms with Gasteiger partial charge < -0.3 is 10.6 Å². The zero-order valence-electron chi connectivity index (χ0n) is 15.2. The van der Waals surface area contributed by atoms with Gasteiger partial charge in [-0.2, -0.15) is 0 Å². The summed E-state index contributed by atoms with van der Waals surface area (Å²) in [6, 6.07) is 9.57. The van der Waals surface area contributed by atoms with Crippen molar-refractivity contribution >= 4 is 35.0 Å². The predicted octanol–water partition coefficient (Wildman–Crippen LogP) is 4.76. The smallest absolute Gasteiger partial charge is 0.254 e. The van der Waals surface area contributed by atoms with E-state index in [9.17, 15) is 14.0 Å². The highest BCUT2D eigenvalue weighted by Gasteiger charge is 2.27. The average molecular weight is 411 g/mol. The van der Waals surface area contributed by atoms with E-state index in [1.165, 1.54) is 18.2 Å². The number of amides is 2. The molecule has 0 unspecified atom stereocenters. The standard InChI is InChI=1S/C20H21Cl2FN2O2/c1-11(2)18(25-19(26)14-6-4-5-7-17(14)23)20(27)24-12(3)13-8-9-15(21)16(22)10-13/h4-12,18H,1-3H3,(H,24,27)(H,25,26)/t12-,18+/m1/s1. The van der Waals surface area contributed by atoms with Gasteiger partial charge in [0.1, 0.15) is 11.9 Å². The molecule has 0 radical (unpaired) electrons. The number of hydrogen-bond donors (Lipinski definition) is 2. The van der Waals surface area contributed by atoms with Crippen LogP contribution in [0.3, 0.4) is 0 Å². The zero-order valence-corrected chi connectivity index (χ0v) is 16.7. The van der Waals surface area contributed by atoms with Crippen molar-refractivity contribution in [3.8, 4) is 0 Å². The molecule has 2 rings (SSSR count). The monoisotopic (exact) mass is 410 g/mol. The highest BCUT2D eigenvalue weighted by atomic mass is 35.5. The molecule has 0 aliphatic rings. The number of carbonyl (C=O) groups is 2. The van der Waals surface area contributed by atoms with E-state index in [2.05, 4.69) is 10.6 Å². The Morgan fingerprint density at radius 1 is 0.963 bits per heavy atom. The van der Waals surface area contributed by atoms with Gasteiger partial charge in [0.15, 0.2) is 0 Å². The minimum atomic E-state index is -0.817. The van der Waals surface area contributed by atoms with Crippen molar-refractivity contribution in [2.24, 2.45) is 5.92 Å². The van der Waals surface area contributed by atoms with Gasteiger partial charge in [-0.1, -0.05) is 55.2 Å². The Morgan fingerprint density at radius 2 is 1.63 bits per heavy atom. The molecule has 2 aromatic rings. The van der Waals surface area contributed by atoms with Crippen LogP contribution in [-0.4, -0.2) is 17.9 Å². The molecule has 27 heavy (non-hydrogen) atoms.